The smallest absolute Gasteiger partial charge is 0.267 e. The molecule has 1 aromatic heterocycles. The molecule has 128 valence electrons. The number of hydrogen-bond donors (Lipinski definition) is 1. The second-order valence-electron chi connectivity index (χ2n) is 5.57. The Hall–Kier alpha value is -2.66. The van der Waals surface area contributed by atoms with Crippen LogP contribution in [0.4, 0.5) is 5.95 Å². The fourth-order valence-corrected chi connectivity index (χ4v) is 2.70. The molecule has 0 atom stereocenters. The second-order valence-corrected chi connectivity index (χ2v) is 6.00. The van der Waals surface area contributed by atoms with Crippen molar-refractivity contribution in [3.05, 3.63) is 63.9 Å². The maximum atomic E-state index is 13.0. The number of nitrogens with one attached hydrogen (secondary N) is 1. The topological polar surface area (TPSA) is 59.3 Å². The molecule has 25 heavy (non-hydrogen) atoms. The van der Waals surface area contributed by atoms with E-state index in [-0.39, 0.29) is 5.56 Å². The van der Waals surface area contributed by atoms with Crippen molar-refractivity contribution >= 4 is 34.2 Å². The first-order valence-electron chi connectivity index (χ1n) is 8.23. The minimum Gasteiger partial charge on any atom is -0.268 e. The van der Waals surface area contributed by atoms with E-state index in [1.54, 1.807) is 30.3 Å². The summed E-state index contributed by atoms with van der Waals surface area (Å²) in [6, 6.07) is 14.3. The van der Waals surface area contributed by atoms with Crippen LogP contribution in [-0.2, 0) is 0 Å². The first-order valence-corrected chi connectivity index (χ1v) is 8.61. The summed E-state index contributed by atoms with van der Waals surface area (Å²) in [5.74, 6) is 0.380. The van der Waals surface area contributed by atoms with Crippen molar-refractivity contribution in [2.75, 3.05) is 5.43 Å². The number of hydrazone groups is 1. The number of benzene rings is 2. The zero-order chi connectivity index (χ0) is 17.8. The van der Waals surface area contributed by atoms with Crippen molar-refractivity contribution < 1.29 is 0 Å². The van der Waals surface area contributed by atoms with Crippen LogP contribution in [0.2, 0.25) is 5.02 Å². The third-order valence-corrected chi connectivity index (χ3v) is 4.24. The average Bonchev–Trinajstić information content (AvgIpc) is 2.64. The lowest BCUT2D eigenvalue weighted by molar-refractivity contribution is 0.951. The molecule has 3 rings (SSSR count). The Labute approximate surface area is 151 Å². The number of hydrogen-bond acceptors (Lipinski definition) is 4. The molecule has 0 aliphatic heterocycles. The van der Waals surface area contributed by atoms with E-state index >= 15 is 0 Å². The summed E-state index contributed by atoms with van der Waals surface area (Å²) in [6.45, 7) is 4.09. The second kappa shape index (κ2) is 7.49. The highest BCUT2D eigenvalue weighted by atomic mass is 35.5. The molecule has 0 aliphatic carbocycles. The lowest BCUT2D eigenvalue weighted by atomic mass is 10.2. The quantitative estimate of drug-likeness (QED) is 0.537. The zero-order valence-electron chi connectivity index (χ0n) is 14.2. The molecule has 3 aromatic rings. The Balaban J connectivity index is 2.22. The van der Waals surface area contributed by atoms with Crippen LogP contribution in [0.5, 0.6) is 0 Å². The van der Waals surface area contributed by atoms with E-state index in [1.165, 1.54) is 4.57 Å². The van der Waals surface area contributed by atoms with Gasteiger partial charge in [0.05, 0.1) is 16.6 Å². The van der Waals surface area contributed by atoms with Crippen LogP contribution in [0.3, 0.4) is 0 Å². The van der Waals surface area contributed by atoms with Crippen molar-refractivity contribution in [2.45, 2.75) is 26.7 Å². The van der Waals surface area contributed by atoms with Crippen molar-refractivity contribution in [1.29, 1.82) is 0 Å². The first kappa shape index (κ1) is 17.2. The SMILES string of the molecule is CCC(CC)=NNc1nc2ccccc2c(=O)n1-c1ccc(Cl)cc1. The van der Waals surface area contributed by atoms with Gasteiger partial charge < -0.3 is 0 Å². The van der Waals surface area contributed by atoms with Gasteiger partial charge in [-0.05, 0) is 49.2 Å². The van der Waals surface area contributed by atoms with Gasteiger partial charge in [0.2, 0.25) is 5.95 Å². The van der Waals surface area contributed by atoms with Gasteiger partial charge in [-0.2, -0.15) is 5.10 Å². The van der Waals surface area contributed by atoms with Crippen LogP contribution in [0.1, 0.15) is 26.7 Å². The fourth-order valence-electron chi connectivity index (χ4n) is 2.57. The van der Waals surface area contributed by atoms with E-state index in [9.17, 15) is 4.79 Å². The number of rotatable bonds is 5. The standard InChI is InChI=1S/C19H19ClN4O/c1-3-14(4-2)22-23-19-21-17-8-6-5-7-16(17)18(25)24(19)15-11-9-13(20)10-12-15/h5-12H,3-4H2,1-2H3,(H,21,23). The third kappa shape index (κ3) is 3.56. The number of para-hydroxylation sites is 1. The number of nitrogens with zero attached hydrogens (tertiary/aromatic N) is 3. The van der Waals surface area contributed by atoms with E-state index < -0.39 is 0 Å². The molecule has 5 nitrogen and oxygen atoms in total. The van der Waals surface area contributed by atoms with E-state index in [0.29, 0.717) is 27.6 Å². The molecule has 1 heterocycles. The van der Waals surface area contributed by atoms with Gasteiger partial charge in [0.25, 0.3) is 5.56 Å². The molecule has 0 spiro atoms. The van der Waals surface area contributed by atoms with Crippen molar-refractivity contribution in [3.63, 3.8) is 0 Å². The van der Waals surface area contributed by atoms with Crippen LogP contribution in [-0.4, -0.2) is 15.3 Å². The highest BCUT2D eigenvalue weighted by molar-refractivity contribution is 6.30. The van der Waals surface area contributed by atoms with E-state index in [0.717, 1.165) is 18.6 Å². The molecule has 0 radical (unpaired) electrons. The number of fused-ring (bicyclic) bond motifs is 1. The Morgan fingerprint density at radius 2 is 1.80 bits per heavy atom. The zero-order valence-corrected chi connectivity index (χ0v) is 14.9. The van der Waals surface area contributed by atoms with Crippen LogP contribution in [0, 0.1) is 0 Å². The molecular formula is C19H19ClN4O. The molecule has 0 unspecified atom stereocenters. The lowest BCUT2D eigenvalue weighted by Gasteiger charge is -2.13. The Morgan fingerprint density at radius 3 is 2.48 bits per heavy atom. The van der Waals surface area contributed by atoms with Gasteiger partial charge in [0, 0.05) is 10.7 Å². The molecule has 6 heteroatoms. The Bertz CT molecular complexity index is 971. The maximum absolute atomic E-state index is 13.0. The molecular weight excluding hydrogens is 336 g/mol. The van der Waals surface area contributed by atoms with Gasteiger partial charge in [-0.1, -0.05) is 37.6 Å². The summed E-state index contributed by atoms with van der Waals surface area (Å²) < 4.78 is 1.52. The molecule has 0 saturated heterocycles. The summed E-state index contributed by atoms with van der Waals surface area (Å²) in [6.07, 6.45) is 1.67. The third-order valence-electron chi connectivity index (χ3n) is 3.99. The molecule has 0 bridgehead atoms. The van der Waals surface area contributed by atoms with Gasteiger partial charge in [-0.25, -0.2) is 15.0 Å². The Morgan fingerprint density at radius 1 is 1.12 bits per heavy atom. The van der Waals surface area contributed by atoms with Crippen LogP contribution < -0.4 is 11.0 Å². The summed E-state index contributed by atoms with van der Waals surface area (Å²) in [4.78, 5) is 17.6. The van der Waals surface area contributed by atoms with Crippen molar-refractivity contribution in [1.82, 2.24) is 9.55 Å². The summed E-state index contributed by atoms with van der Waals surface area (Å²) in [5, 5.41) is 5.56. The van der Waals surface area contributed by atoms with Gasteiger partial charge >= 0.3 is 0 Å². The molecule has 0 saturated carbocycles. The Kier molecular flexibility index (Phi) is 5.14. The minimum atomic E-state index is -0.153. The molecule has 0 fully saturated rings. The molecule has 2 aromatic carbocycles. The molecule has 1 N–H and O–H groups in total. The fraction of sp³-hybridized carbons (Fsp3) is 0.211. The van der Waals surface area contributed by atoms with Gasteiger partial charge in [-0.3, -0.25) is 4.79 Å². The summed E-state index contributed by atoms with van der Waals surface area (Å²) in [7, 11) is 0. The van der Waals surface area contributed by atoms with E-state index in [2.05, 4.69) is 15.5 Å². The van der Waals surface area contributed by atoms with Gasteiger partial charge in [0.1, 0.15) is 0 Å². The number of aromatic nitrogens is 2. The van der Waals surface area contributed by atoms with Crippen LogP contribution in [0.15, 0.2) is 58.4 Å². The number of halogens is 1. The highest BCUT2D eigenvalue weighted by Gasteiger charge is 2.12. The normalized spacial score (nSPS) is 10.7. The predicted molar refractivity (Wildman–Crippen MR) is 104 cm³/mol. The minimum absolute atomic E-state index is 0.153. The largest absolute Gasteiger partial charge is 0.268 e. The van der Waals surface area contributed by atoms with E-state index in [4.69, 9.17) is 11.6 Å². The van der Waals surface area contributed by atoms with Gasteiger partial charge in [-0.15, -0.1) is 0 Å². The molecule has 0 amide bonds. The van der Waals surface area contributed by atoms with E-state index in [1.807, 2.05) is 32.0 Å². The number of anilines is 1. The first-order chi connectivity index (χ1) is 12.1. The van der Waals surface area contributed by atoms with Crippen LogP contribution >= 0.6 is 11.6 Å². The summed E-state index contributed by atoms with van der Waals surface area (Å²) >= 11 is 5.97. The lowest BCUT2D eigenvalue weighted by Crippen LogP contribution is -2.23. The van der Waals surface area contributed by atoms with Gasteiger partial charge in [0.15, 0.2) is 0 Å². The summed E-state index contributed by atoms with van der Waals surface area (Å²) in [5.41, 5.74) is 5.13. The monoisotopic (exact) mass is 354 g/mol. The van der Waals surface area contributed by atoms with Crippen molar-refractivity contribution in [3.8, 4) is 5.69 Å². The molecule has 0 aliphatic rings. The predicted octanol–water partition coefficient (Wildman–Crippen LogP) is 4.63. The maximum Gasteiger partial charge on any atom is 0.267 e. The van der Waals surface area contributed by atoms with Crippen molar-refractivity contribution in [2.24, 2.45) is 5.10 Å². The van der Waals surface area contributed by atoms with Crippen LogP contribution in [0.25, 0.3) is 16.6 Å². The average molecular weight is 355 g/mol. The highest BCUT2D eigenvalue weighted by Crippen LogP contribution is 2.18.